The summed E-state index contributed by atoms with van der Waals surface area (Å²) < 4.78 is 5.15. The van der Waals surface area contributed by atoms with E-state index in [1.54, 1.807) is 6.92 Å². The monoisotopic (exact) mass is 344 g/mol. The lowest BCUT2D eigenvalue weighted by molar-refractivity contribution is -0.124. The molecule has 1 fully saturated rings. The van der Waals surface area contributed by atoms with Crippen molar-refractivity contribution < 1.29 is 14.3 Å². The van der Waals surface area contributed by atoms with E-state index < -0.39 is 5.97 Å². The molecule has 1 amide bonds. The van der Waals surface area contributed by atoms with Gasteiger partial charge in [0.05, 0.1) is 5.69 Å². The molecule has 24 heavy (non-hydrogen) atoms. The average Bonchev–Trinajstić information content (AvgIpc) is 3.23. The van der Waals surface area contributed by atoms with Crippen molar-refractivity contribution in [2.24, 2.45) is 0 Å². The number of amides is 1. The van der Waals surface area contributed by atoms with E-state index in [4.69, 9.17) is 4.74 Å². The number of benzene rings is 1. The third-order valence-corrected chi connectivity index (χ3v) is 5.24. The molecule has 126 valence electrons. The van der Waals surface area contributed by atoms with Crippen molar-refractivity contribution in [3.63, 3.8) is 0 Å². The number of nitrogens with one attached hydrogen (secondary N) is 1. The Morgan fingerprint density at radius 3 is 2.67 bits per heavy atom. The summed E-state index contributed by atoms with van der Waals surface area (Å²) in [6.45, 7) is 1.53. The summed E-state index contributed by atoms with van der Waals surface area (Å²) in [5.41, 5.74) is 1.59. The molecule has 2 aromatic rings. The topological polar surface area (TPSA) is 68.3 Å². The van der Waals surface area contributed by atoms with Crippen LogP contribution in [0.1, 0.15) is 41.0 Å². The maximum atomic E-state index is 12.2. The van der Waals surface area contributed by atoms with Gasteiger partial charge >= 0.3 is 5.97 Å². The zero-order chi connectivity index (χ0) is 16.9. The number of hydrogen-bond donors (Lipinski definition) is 1. The van der Waals surface area contributed by atoms with Gasteiger partial charge in [0.15, 0.2) is 6.61 Å². The Labute approximate surface area is 145 Å². The highest BCUT2D eigenvalue weighted by Crippen LogP contribution is 2.28. The van der Waals surface area contributed by atoms with Crippen LogP contribution in [0.25, 0.3) is 10.6 Å². The second kappa shape index (κ2) is 7.57. The molecular formula is C18H20N2O3S. The fourth-order valence-corrected chi connectivity index (χ4v) is 3.79. The molecule has 1 aliphatic carbocycles. The Kier molecular flexibility index (Phi) is 5.25. The first kappa shape index (κ1) is 16.6. The standard InChI is InChI=1S/C18H20N2O3S/c1-12-16(24-17(19-12)13-7-3-2-4-8-13)18(22)23-11-15(21)20-14-9-5-6-10-14/h2-4,7-8,14H,5-6,9-11H2,1H3,(H,20,21). The van der Waals surface area contributed by atoms with Gasteiger partial charge in [-0.1, -0.05) is 43.2 Å². The van der Waals surface area contributed by atoms with E-state index in [-0.39, 0.29) is 18.6 Å². The number of thiazole rings is 1. The van der Waals surface area contributed by atoms with Crippen LogP contribution in [-0.2, 0) is 9.53 Å². The lowest BCUT2D eigenvalue weighted by atomic mass is 10.2. The summed E-state index contributed by atoms with van der Waals surface area (Å²) in [7, 11) is 0. The number of aromatic nitrogens is 1. The van der Waals surface area contributed by atoms with Crippen LogP contribution < -0.4 is 5.32 Å². The maximum Gasteiger partial charge on any atom is 0.350 e. The molecule has 0 spiro atoms. The minimum atomic E-state index is -0.492. The minimum absolute atomic E-state index is 0.228. The van der Waals surface area contributed by atoms with Crippen LogP contribution in [0.3, 0.4) is 0 Å². The number of ether oxygens (including phenoxy) is 1. The molecule has 0 aliphatic heterocycles. The Morgan fingerprint density at radius 2 is 1.96 bits per heavy atom. The molecule has 1 saturated carbocycles. The molecule has 1 N–H and O–H groups in total. The van der Waals surface area contributed by atoms with Crippen molar-refractivity contribution in [2.45, 2.75) is 38.6 Å². The van der Waals surface area contributed by atoms with Gasteiger partial charge in [0.1, 0.15) is 9.88 Å². The first-order valence-corrected chi connectivity index (χ1v) is 8.94. The molecule has 3 rings (SSSR count). The summed E-state index contributed by atoms with van der Waals surface area (Å²) in [4.78, 5) is 28.9. The number of esters is 1. The van der Waals surface area contributed by atoms with Crippen LogP contribution in [0, 0.1) is 6.92 Å². The molecule has 0 bridgehead atoms. The quantitative estimate of drug-likeness (QED) is 0.845. The molecule has 1 aromatic carbocycles. The number of aryl methyl sites for hydroxylation is 1. The lowest BCUT2D eigenvalue weighted by Gasteiger charge is -2.11. The molecule has 0 atom stereocenters. The summed E-state index contributed by atoms with van der Waals surface area (Å²) in [6.07, 6.45) is 4.31. The van der Waals surface area contributed by atoms with Crippen LogP contribution >= 0.6 is 11.3 Å². The normalized spacial score (nSPS) is 14.5. The van der Waals surface area contributed by atoms with Gasteiger partial charge in [-0.25, -0.2) is 9.78 Å². The fraction of sp³-hybridized carbons (Fsp3) is 0.389. The number of carbonyl (C=O) groups is 2. The zero-order valence-corrected chi connectivity index (χ0v) is 14.4. The van der Waals surface area contributed by atoms with E-state index in [9.17, 15) is 9.59 Å². The minimum Gasteiger partial charge on any atom is -0.451 e. The zero-order valence-electron chi connectivity index (χ0n) is 13.6. The van der Waals surface area contributed by atoms with Gasteiger partial charge in [-0.2, -0.15) is 0 Å². The molecule has 0 radical (unpaired) electrons. The Balaban J connectivity index is 1.59. The smallest absolute Gasteiger partial charge is 0.350 e. The maximum absolute atomic E-state index is 12.2. The second-order valence-corrected chi connectivity index (χ2v) is 6.92. The summed E-state index contributed by atoms with van der Waals surface area (Å²) in [5.74, 6) is -0.727. The van der Waals surface area contributed by atoms with Crippen LogP contribution in [0.4, 0.5) is 0 Å². The van der Waals surface area contributed by atoms with Gasteiger partial charge in [-0.15, -0.1) is 11.3 Å². The van der Waals surface area contributed by atoms with E-state index in [0.29, 0.717) is 10.6 Å². The lowest BCUT2D eigenvalue weighted by Crippen LogP contribution is -2.35. The van der Waals surface area contributed by atoms with E-state index >= 15 is 0 Å². The predicted octanol–water partition coefficient (Wildman–Crippen LogP) is 3.33. The molecule has 1 aliphatic rings. The van der Waals surface area contributed by atoms with Gasteiger partial charge in [-0.05, 0) is 19.8 Å². The van der Waals surface area contributed by atoms with Crippen molar-refractivity contribution >= 4 is 23.2 Å². The van der Waals surface area contributed by atoms with Gasteiger partial charge < -0.3 is 10.1 Å². The Morgan fingerprint density at radius 1 is 1.25 bits per heavy atom. The summed E-state index contributed by atoms with van der Waals surface area (Å²) in [6, 6.07) is 9.91. The van der Waals surface area contributed by atoms with Crippen LogP contribution in [0.15, 0.2) is 30.3 Å². The molecule has 5 nitrogen and oxygen atoms in total. The molecule has 0 saturated heterocycles. The highest BCUT2D eigenvalue weighted by Gasteiger charge is 2.20. The summed E-state index contributed by atoms with van der Waals surface area (Å²) >= 11 is 1.29. The van der Waals surface area contributed by atoms with E-state index in [2.05, 4.69) is 10.3 Å². The Bertz CT molecular complexity index is 721. The molecule has 1 aromatic heterocycles. The van der Waals surface area contributed by atoms with Gasteiger partial charge in [0.25, 0.3) is 5.91 Å². The van der Waals surface area contributed by atoms with Crippen LogP contribution in [0.5, 0.6) is 0 Å². The summed E-state index contributed by atoms with van der Waals surface area (Å²) in [5, 5.41) is 3.68. The van der Waals surface area contributed by atoms with Crippen molar-refractivity contribution in [1.29, 1.82) is 0 Å². The highest BCUT2D eigenvalue weighted by atomic mass is 32.1. The van der Waals surface area contributed by atoms with E-state index in [1.165, 1.54) is 11.3 Å². The number of carbonyl (C=O) groups excluding carboxylic acids is 2. The van der Waals surface area contributed by atoms with E-state index in [0.717, 1.165) is 36.3 Å². The number of rotatable bonds is 5. The SMILES string of the molecule is Cc1nc(-c2ccccc2)sc1C(=O)OCC(=O)NC1CCCC1. The third kappa shape index (κ3) is 4.00. The second-order valence-electron chi connectivity index (χ2n) is 5.92. The Hall–Kier alpha value is -2.21. The number of hydrogen-bond acceptors (Lipinski definition) is 5. The fourth-order valence-electron chi connectivity index (χ4n) is 2.83. The molecular weight excluding hydrogens is 324 g/mol. The van der Waals surface area contributed by atoms with Crippen molar-refractivity contribution in [3.8, 4) is 10.6 Å². The van der Waals surface area contributed by atoms with Crippen molar-refractivity contribution in [2.75, 3.05) is 6.61 Å². The van der Waals surface area contributed by atoms with Crippen molar-refractivity contribution in [1.82, 2.24) is 10.3 Å². The van der Waals surface area contributed by atoms with Gasteiger partial charge in [0, 0.05) is 11.6 Å². The largest absolute Gasteiger partial charge is 0.451 e. The van der Waals surface area contributed by atoms with Crippen molar-refractivity contribution in [3.05, 3.63) is 40.9 Å². The average molecular weight is 344 g/mol. The highest BCUT2D eigenvalue weighted by molar-refractivity contribution is 7.17. The third-order valence-electron chi connectivity index (χ3n) is 4.06. The molecule has 6 heteroatoms. The van der Waals surface area contributed by atoms with E-state index in [1.807, 2.05) is 30.3 Å². The number of nitrogens with zero attached hydrogens (tertiary/aromatic N) is 1. The van der Waals surface area contributed by atoms with Gasteiger partial charge in [-0.3, -0.25) is 4.79 Å². The van der Waals surface area contributed by atoms with Crippen LogP contribution in [-0.4, -0.2) is 29.5 Å². The molecule has 1 heterocycles. The first-order valence-electron chi connectivity index (χ1n) is 8.13. The van der Waals surface area contributed by atoms with Gasteiger partial charge in [0.2, 0.25) is 0 Å². The molecule has 0 unspecified atom stereocenters. The predicted molar refractivity (Wildman–Crippen MR) is 93.0 cm³/mol. The van der Waals surface area contributed by atoms with Crippen LogP contribution in [0.2, 0.25) is 0 Å². The first-order chi connectivity index (χ1) is 11.6.